The van der Waals surface area contributed by atoms with Crippen molar-refractivity contribution in [3.05, 3.63) is 60.8 Å². The van der Waals surface area contributed by atoms with E-state index in [1.807, 2.05) is 0 Å². The second-order valence-electron chi connectivity index (χ2n) is 8.51. The molecule has 1 fully saturated rings. The minimum absolute atomic E-state index is 0.0298. The van der Waals surface area contributed by atoms with Gasteiger partial charge in [-0.2, -0.15) is 15.3 Å². The van der Waals surface area contributed by atoms with E-state index in [4.69, 9.17) is 5.73 Å². The number of fused-ring (bicyclic) bond motifs is 1. The number of aromatic hydroxyl groups is 1. The molecule has 188 valence electrons. The number of amides is 3. The van der Waals surface area contributed by atoms with Crippen molar-refractivity contribution >= 4 is 34.3 Å². The van der Waals surface area contributed by atoms with Gasteiger partial charge in [0.2, 0.25) is 11.8 Å². The maximum atomic E-state index is 14.3. The second kappa shape index (κ2) is 9.60. The second-order valence-corrected chi connectivity index (χ2v) is 8.51. The Balaban J connectivity index is 1.41. The zero-order valence-corrected chi connectivity index (χ0v) is 19.3. The van der Waals surface area contributed by atoms with Gasteiger partial charge in [0, 0.05) is 29.6 Å². The maximum absolute atomic E-state index is 14.3. The molecule has 0 bridgehead atoms. The first-order valence-electron chi connectivity index (χ1n) is 11.3. The van der Waals surface area contributed by atoms with Gasteiger partial charge in [0.05, 0.1) is 30.7 Å². The highest BCUT2D eigenvalue weighted by molar-refractivity contribution is 6.05. The number of carbonyl (C=O) groups excluding carboxylic acids is 3. The molecule has 4 N–H and O–H groups in total. The molecule has 12 nitrogen and oxygen atoms in total. The van der Waals surface area contributed by atoms with Crippen LogP contribution in [0.1, 0.15) is 16.9 Å². The molecule has 1 aromatic carbocycles. The number of pyridine rings is 1. The highest BCUT2D eigenvalue weighted by Gasteiger charge is 2.40. The number of nitrogens with two attached hydrogens (primary N) is 1. The standard InChI is InChI=1S/C24H21FN8O4/c25-15-8-19(24(37)30-17-10-27-5-4-20(17)34)32(11-15)21(35)12-33-18-2-1-13(14-3-6-28-29-9-14)7-16(18)22(31-33)23(26)36/h1-7,9-10,15,19H,8,11-12H2,(H2,26,36)(H,27,34)(H,30,37). The molecule has 37 heavy (non-hydrogen) atoms. The summed E-state index contributed by atoms with van der Waals surface area (Å²) in [4.78, 5) is 43.2. The summed E-state index contributed by atoms with van der Waals surface area (Å²) in [6.07, 6.45) is 4.09. The molecule has 4 aromatic rings. The summed E-state index contributed by atoms with van der Waals surface area (Å²) in [5.74, 6) is -2.21. The Hall–Kier alpha value is -4.94. The van der Waals surface area contributed by atoms with E-state index in [1.165, 1.54) is 29.3 Å². The molecule has 1 aliphatic heterocycles. The molecule has 13 heteroatoms. The molecular weight excluding hydrogens is 483 g/mol. The van der Waals surface area contributed by atoms with Gasteiger partial charge in [-0.15, -0.1) is 0 Å². The van der Waals surface area contributed by atoms with Crippen LogP contribution < -0.4 is 11.1 Å². The molecule has 0 radical (unpaired) electrons. The Bertz CT molecular complexity index is 1510. The van der Waals surface area contributed by atoms with Gasteiger partial charge in [-0.1, -0.05) is 6.07 Å². The molecule has 3 aromatic heterocycles. The fourth-order valence-electron chi connectivity index (χ4n) is 4.35. The zero-order chi connectivity index (χ0) is 26.1. The van der Waals surface area contributed by atoms with Gasteiger partial charge in [-0.25, -0.2) is 4.39 Å². The van der Waals surface area contributed by atoms with Crippen LogP contribution in [-0.2, 0) is 16.1 Å². The number of rotatable bonds is 6. The third-order valence-electron chi connectivity index (χ3n) is 6.12. The summed E-state index contributed by atoms with van der Waals surface area (Å²) in [5, 5.41) is 24.7. The first-order chi connectivity index (χ1) is 17.8. The lowest BCUT2D eigenvalue weighted by atomic mass is 10.0. The lowest BCUT2D eigenvalue weighted by Gasteiger charge is -2.23. The van der Waals surface area contributed by atoms with Crippen LogP contribution >= 0.6 is 0 Å². The third-order valence-corrected chi connectivity index (χ3v) is 6.12. The first kappa shape index (κ1) is 23.8. The van der Waals surface area contributed by atoms with Crippen molar-refractivity contribution in [2.75, 3.05) is 11.9 Å². The fraction of sp³-hybridized carbons (Fsp3) is 0.208. The Morgan fingerprint density at radius 1 is 1.11 bits per heavy atom. The quantitative estimate of drug-likeness (QED) is 0.353. The SMILES string of the molecule is NC(=O)c1nn(CC(=O)N2CC(F)CC2C(=O)Nc2cnccc2O)c2ccc(-c3ccnnc3)cc12. The molecule has 2 unspecified atom stereocenters. The zero-order valence-electron chi connectivity index (χ0n) is 19.3. The van der Waals surface area contributed by atoms with Crippen LogP contribution in [0, 0.1) is 0 Å². The summed E-state index contributed by atoms with van der Waals surface area (Å²) in [5.41, 5.74) is 7.52. The molecule has 5 rings (SSSR count). The third kappa shape index (κ3) is 4.66. The number of alkyl halides is 1. The number of nitrogens with one attached hydrogen (secondary N) is 1. The lowest BCUT2D eigenvalue weighted by Crippen LogP contribution is -2.44. The van der Waals surface area contributed by atoms with E-state index in [2.05, 4.69) is 25.6 Å². The lowest BCUT2D eigenvalue weighted by molar-refractivity contribution is -0.137. The van der Waals surface area contributed by atoms with Crippen molar-refractivity contribution in [1.29, 1.82) is 0 Å². The number of hydrogen-bond acceptors (Lipinski definition) is 8. The van der Waals surface area contributed by atoms with Crippen molar-refractivity contribution in [2.45, 2.75) is 25.2 Å². The van der Waals surface area contributed by atoms with Crippen LogP contribution in [0.2, 0.25) is 0 Å². The van der Waals surface area contributed by atoms with E-state index in [0.717, 1.165) is 16.0 Å². The summed E-state index contributed by atoms with van der Waals surface area (Å²) in [6, 6.07) is 7.12. The molecule has 2 atom stereocenters. The minimum Gasteiger partial charge on any atom is -0.506 e. The molecule has 3 amide bonds. The summed E-state index contributed by atoms with van der Waals surface area (Å²) < 4.78 is 15.6. The van der Waals surface area contributed by atoms with Gasteiger partial charge >= 0.3 is 0 Å². The Kier molecular flexibility index (Phi) is 6.17. The Labute approximate surface area is 208 Å². The number of aromatic nitrogens is 5. The average molecular weight is 504 g/mol. The van der Waals surface area contributed by atoms with Gasteiger partial charge in [-0.3, -0.25) is 24.0 Å². The van der Waals surface area contributed by atoms with E-state index in [0.29, 0.717) is 10.9 Å². The monoisotopic (exact) mass is 504 g/mol. The van der Waals surface area contributed by atoms with Crippen molar-refractivity contribution in [3.8, 4) is 16.9 Å². The maximum Gasteiger partial charge on any atom is 0.269 e. The number of primary amides is 1. The number of nitrogens with zero attached hydrogens (tertiary/aromatic N) is 6. The highest BCUT2D eigenvalue weighted by atomic mass is 19.1. The van der Waals surface area contributed by atoms with Gasteiger partial charge in [0.1, 0.15) is 30.2 Å². The molecule has 1 aliphatic rings. The number of likely N-dealkylation sites (tertiary alicyclic amines) is 1. The van der Waals surface area contributed by atoms with E-state index in [9.17, 15) is 23.9 Å². The van der Waals surface area contributed by atoms with Crippen LogP contribution in [0.3, 0.4) is 0 Å². The predicted molar refractivity (Wildman–Crippen MR) is 129 cm³/mol. The highest BCUT2D eigenvalue weighted by Crippen LogP contribution is 2.28. The predicted octanol–water partition coefficient (Wildman–Crippen LogP) is 1.27. The number of halogens is 1. The summed E-state index contributed by atoms with van der Waals surface area (Å²) in [6.45, 7) is -0.633. The fourth-order valence-corrected chi connectivity index (χ4v) is 4.35. The number of hydrogen-bond donors (Lipinski definition) is 3. The Morgan fingerprint density at radius 2 is 1.95 bits per heavy atom. The summed E-state index contributed by atoms with van der Waals surface area (Å²) >= 11 is 0. The first-order valence-corrected chi connectivity index (χ1v) is 11.3. The molecule has 0 spiro atoms. The van der Waals surface area contributed by atoms with E-state index >= 15 is 0 Å². The van der Waals surface area contributed by atoms with Crippen LogP contribution in [0.4, 0.5) is 10.1 Å². The number of benzene rings is 1. The Morgan fingerprint density at radius 3 is 2.68 bits per heavy atom. The molecule has 0 aliphatic carbocycles. The van der Waals surface area contributed by atoms with E-state index < -0.39 is 29.9 Å². The van der Waals surface area contributed by atoms with Crippen molar-refractivity contribution < 1.29 is 23.9 Å². The van der Waals surface area contributed by atoms with Crippen LogP contribution in [0.25, 0.3) is 22.0 Å². The topological polar surface area (TPSA) is 169 Å². The van der Waals surface area contributed by atoms with Crippen LogP contribution in [0.15, 0.2) is 55.1 Å². The molecular formula is C24H21FN8O4. The smallest absolute Gasteiger partial charge is 0.269 e. The van der Waals surface area contributed by atoms with Crippen molar-refractivity contribution in [2.24, 2.45) is 5.73 Å². The average Bonchev–Trinajstić information content (AvgIpc) is 3.46. The van der Waals surface area contributed by atoms with E-state index in [1.54, 1.807) is 30.5 Å². The van der Waals surface area contributed by atoms with Crippen LogP contribution in [-0.4, -0.2) is 71.4 Å². The van der Waals surface area contributed by atoms with Crippen molar-refractivity contribution in [3.63, 3.8) is 0 Å². The van der Waals surface area contributed by atoms with Gasteiger partial charge < -0.3 is 21.1 Å². The number of anilines is 1. The normalized spacial score (nSPS) is 17.2. The molecule has 1 saturated heterocycles. The minimum atomic E-state index is -1.41. The molecule has 4 heterocycles. The van der Waals surface area contributed by atoms with E-state index in [-0.39, 0.29) is 36.6 Å². The van der Waals surface area contributed by atoms with Crippen molar-refractivity contribution in [1.82, 2.24) is 29.9 Å². The van der Waals surface area contributed by atoms with Crippen LogP contribution in [0.5, 0.6) is 5.75 Å². The molecule has 0 saturated carbocycles. The van der Waals surface area contributed by atoms with Gasteiger partial charge in [0.15, 0.2) is 5.69 Å². The van der Waals surface area contributed by atoms with Gasteiger partial charge in [0.25, 0.3) is 5.91 Å². The largest absolute Gasteiger partial charge is 0.506 e. The van der Waals surface area contributed by atoms with Gasteiger partial charge in [-0.05, 0) is 23.8 Å². The number of carbonyl (C=O) groups is 3. The summed E-state index contributed by atoms with van der Waals surface area (Å²) in [7, 11) is 0.